The fraction of sp³-hybridized carbons (Fsp3) is 0.474. The lowest BCUT2D eigenvalue weighted by Gasteiger charge is -2.34. The van der Waals surface area contributed by atoms with Gasteiger partial charge in [-0.3, -0.25) is 14.8 Å². The smallest absolute Gasteiger partial charge is 0.267 e. The summed E-state index contributed by atoms with van der Waals surface area (Å²) in [6.45, 7) is 1.71. The van der Waals surface area contributed by atoms with Crippen LogP contribution in [0.1, 0.15) is 31.2 Å². The fourth-order valence-electron chi connectivity index (χ4n) is 3.06. The average molecular weight is 378 g/mol. The van der Waals surface area contributed by atoms with Crippen molar-refractivity contribution in [1.82, 2.24) is 10.8 Å². The molecular formula is C19H27N3O3S. The average Bonchev–Trinajstić information content (AvgIpc) is 2.67. The van der Waals surface area contributed by atoms with Crippen LogP contribution in [0.4, 0.5) is 5.69 Å². The summed E-state index contributed by atoms with van der Waals surface area (Å²) in [5.41, 5.74) is 3.58. The first-order chi connectivity index (χ1) is 12.6. The number of nitrogens with zero attached hydrogens (tertiary/aromatic N) is 1. The van der Waals surface area contributed by atoms with Gasteiger partial charge >= 0.3 is 0 Å². The maximum absolute atomic E-state index is 12.0. The van der Waals surface area contributed by atoms with Crippen LogP contribution >= 0.6 is 11.8 Å². The third kappa shape index (κ3) is 6.38. The van der Waals surface area contributed by atoms with Crippen LogP contribution in [0.2, 0.25) is 0 Å². The van der Waals surface area contributed by atoms with E-state index in [4.69, 9.17) is 5.21 Å². The summed E-state index contributed by atoms with van der Waals surface area (Å²) in [6.07, 6.45) is 8.39. The number of benzene rings is 1. The van der Waals surface area contributed by atoms with E-state index in [0.29, 0.717) is 6.42 Å². The van der Waals surface area contributed by atoms with E-state index in [-0.39, 0.29) is 11.9 Å². The molecule has 3 N–H and O–H groups in total. The molecule has 0 bridgehead atoms. The van der Waals surface area contributed by atoms with Gasteiger partial charge in [0.05, 0.1) is 0 Å². The number of thioether (sulfide) groups is 1. The number of rotatable bonds is 8. The van der Waals surface area contributed by atoms with Gasteiger partial charge in [-0.1, -0.05) is 18.2 Å². The van der Waals surface area contributed by atoms with Gasteiger partial charge in [-0.15, -0.1) is 0 Å². The van der Waals surface area contributed by atoms with Crippen LogP contribution in [0.5, 0.6) is 0 Å². The van der Waals surface area contributed by atoms with E-state index < -0.39 is 5.91 Å². The van der Waals surface area contributed by atoms with Gasteiger partial charge in [0.2, 0.25) is 5.91 Å². The van der Waals surface area contributed by atoms with Crippen molar-refractivity contribution < 1.29 is 14.8 Å². The molecular weight excluding hydrogens is 350 g/mol. The molecule has 26 heavy (non-hydrogen) atoms. The third-order valence-electron chi connectivity index (χ3n) is 4.41. The second-order valence-electron chi connectivity index (χ2n) is 6.29. The molecule has 1 aliphatic heterocycles. The molecule has 0 saturated carbocycles. The first kappa shape index (κ1) is 20.3. The Labute approximate surface area is 159 Å². The van der Waals surface area contributed by atoms with Crippen LogP contribution in [0, 0.1) is 0 Å². The van der Waals surface area contributed by atoms with Gasteiger partial charge in [-0.2, -0.15) is 11.8 Å². The molecule has 7 heteroatoms. The first-order valence-corrected chi connectivity index (χ1v) is 10.3. The van der Waals surface area contributed by atoms with Gasteiger partial charge in [0, 0.05) is 37.3 Å². The van der Waals surface area contributed by atoms with Crippen molar-refractivity contribution in [2.24, 2.45) is 0 Å². The number of anilines is 1. The molecule has 0 unspecified atom stereocenters. The summed E-state index contributed by atoms with van der Waals surface area (Å²) in [5.74, 6) is 0.614. The topological polar surface area (TPSA) is 81.7 Å². The van der Waals surface area contributed by atoms with Gasteiger partial charge in [-0.25, -0.2) is 5.48 Å². The Kier molecular flexibility index (Phi) is 8.50. The monoisotopic (exact) mass is 377 g/mol. The molecule has 6 nitrogen and oxygen atoms in total. The summed E-state index contributed by atoms with van der Waals surface area (Å²) in [5, 5.41) is 11.7. The molecule has 0 aliphatic carbocycles. The SMILES string of the molecule is CSCCCC(=O)NC1CCN(c2ccccc2/C=C/C(=O)NO)CC1. The van der Waals surface area contributed by atoms with Crippen molar-refractivity contribution in [3.05, 3.63) is 35.9 Å². The number of carbonyl (C=O) groups excluding carboxylic acids is 2. The number of hydroxylamine groups is 1. The summed E-state index contributed by atoms with van der Waals surface area (Å²) < 4.78 is 0. The predicted molar refractivity (Wildman–Crippen MR) is 106 cm³/mol. The van der Waals surface area contributed by atoms with Crippen LogP contribution in [-0.2, 0) is 9.59 Å². The molecule has 0 atom stereocenters. The third-order valence-corrected chi connectivity index (χ3v) is 5.11. The maximum atomic E-state index is 12.0. The highest BCUT2D eigenvalue weighted by molar-refractivity contribution is 7.98. The Morgan fingerprint density at radius 1 is 1.31 bits per heavy atom. The van der Waals surface area contributed by atoms with Gasteiger partial charge in [0.25, 0.3) is 5.91 Å². The van der Waals surface area contributed by atoms with E-state index in [2.05, 4.69) is 16.5 Å². The van der Waals surface area contributed by atoms with Crippen molar-refractivity contribution in [3.8, 4) is 0 Å². The van der Waals surface area contributed by atoms with Crippen molar-refractivity contribution >= 4 is 35.3 Å². The van der Waals surface area contributed by atoms with E-state index in [1.165, 1.54) is 6.08 Å². The molecule has 1 aromatic rings. The number of hydrogen-bond donors (Lipinski definition) is 3. The molecule has 0 radical (unpaired) electrons. The Hall–Kier alpha value is -1.99. The number of nitrogens with one attached hydrogen (secondary N) is 2. The van der Waals surface area contributed by atoms with Crippen LogP contribution in [-0.4, -0.2) is 48.2 Å². The summed E-state index contributed by atoms with van der Waals surface area (Å²) >= 11 is 1.76. The van der Waals surface area contributed by atoms with Gasteiger partial charge in [0.1, 0.15) is 0 Å². The molecule has 1 aliphatic rings. The number of piperidine rings is 1. The van der Waals surface area contributed by atoms with Gasteiger partial charge < -0.3 is 10.2 Å². The van der Waals surface area contributed by atoms with Crippen LogP contribution in [0.15, 0.2) is 30.3 Å². The standard InChI is InChI=1S/C19H27N3O3S/c1-26-14-4-7-18(23)20-16-10-12-22(13-11-16)17-6-3-2-5-15(17)8-9-19(24)21-25/h2-3,5-6,8-9,16,25H,4,7,10-14H2,1H3,(H,20,23)(H,21,24)/b9-8+. The predicted octanol–water partition coefficient (Wildman–Crippen LogP) is 2.43. The van der Waals surface area contributed by atoms with Crippen molar-refractivity contribution in [1.29, 1.82) is 0 Å². The molecule has 1 aromatic carbocycles. The van der Waals surface area contributed by atoms with Gasteiger partial charge in [-0.05, 0) is 49.0 Å². The normalized spacial score (nSPS) is 15.2. The molecule has 1 heterocycles. The minimum atomic E-state index is -0.553. The molecule has 1 fully saturated rings. The minimum absolute atomic E-state index is 0.149. The number of carbonyl (C=O) groups is 2. The highest BCUT2D eigenvalue weighted by atomic mass is 32.2. The van der Waals surface area contributed by atoms with E-state index in [9.17, 15) is 9.59 Å². The second kappa shape index (κ2) is 10.9. The molecule has 0 spiro atoms. The van der Waals surface area contributed by atoms with Crippen molar-refractivity contribution in [3.63, 3.8) is 0 Å². The second-order valence-corrected chi connectivity index (χ2v) is 7.28. The Morgan fingerprint density at radius 2 is 2.04 bits per heavy atom. The number of amides is 2. The van der Waals surface area contributed by atoms with E-state index in [0.717, 1.165) is 49.4 Å². The van der Waals surface area contributed by atoms with Crippen molar-refractivity contribution in [2.75, 3.05) is 30.0 Å². The molecule has 142 valence electrons. The highest BCUT2D eigenvalue weighted by Gasteiger charge is 2.21. The van der Waals surface area contributed by atoms with E-state index in [1.54, 1.807) is 23.3 Å². The Bertz CT molecular complexity index is 628. The maximum Gasteiger partial charge on any atom is 0.267 e. The Morgan fingerprint density at radius 3 is 2.73 bits per heavy atom. The van der Waals surface area contributed by atoms with Crippen LogP contribution in [0.3, 0.4) is 0 Å². The molecule has 2 rings (SSSR count). The quantitative estimate of drug-likeness (QED) is 0.281. The minimum Gasteiger partial charge on any atom is -0.371 e. The zero-order valence-electron chi connectivity index (χ0n) is 15.1. The summed E-state index contributed by atoms with van der Waals surface area (Å²) in [4.78, 5) is 25.4. The lowest BCUT2D eigenvalue weighted by atomic mass is 10.0. The molecule has 1 saturated heterocycles. The lowest BCUT2D eigenvalue weighted by Crippen LogP contribution is -2.44. The van der Waals surface area contributed by atoms with Gasteiger partial charge in [0.15, 0.2) is 0 Å². The van der Waals surface area contributed by atoms with Crippen LogP contribution < -0.4 is 15.7 Å². The molecule has 0 aromatic heterocycles. The number of para-hydroxylation sites is 1. The van der Waals surface area contributed by atoms with Crippen LogP contribution in [0.25, 0.3) is 6.08 Å². The molecule has 2 amide bonds. The van der Waals surface area contributed by atoms with Crippen molar-refractivity contribution in [2.45, 2.75) is 31.7 Å². The van der Waals surface area contributed by atoms with E-state index >= 15 is 0 Å². The summed E-state index contributed by atoms with van der Waals surface area (Å²) in [6, 6.07) is 8.09. The first-order valence-electron chi connectivity index (χ1n) is 8.88. The zero-order chi connectivity index (χ0) is 18.8. The lowest BCUT2D eigenvalue weighted by molar-refractivity contribution is -0.124. The Balaban J connectivity index is 1.89. The fourth-order valence-corrected chi connectivity index (χ4v) is 3.49. The summed E-state index contributed by atoms with van der Waals surface area (Å²) in [7, 11) is 0. The highest BCUT2D eigenvalue weighted by Crippen LogP contribution is 2.25. The largest absolute Gasteiger partial charge is 0.371 e. The van der Waals surface area contributed by atoms with E-state index in [1.807, 2.05) is 24.3 Å². The zero-order valence-corrected chi connectivity index (χ0v) is 15.9. The number of hydrogen-bond acceptors (Lipinski definition) is 5.